The number of nitrogens with zero attached hydrogens (tertiary/aromatic N) is 3. The van der Waals surface area contributed by atoms with Gasteiger partial charge in [-0.1, -0.05) is 164 Å². The summed E-state index contributed by atoms with van der Waals surface area (Å²) in [5, 5.41) is 2.28. The van der Waals surface area contributed by atoms with E-state index in [0.717, 1.165) is 49.8 Å². The van der Waals surface area contributed by atoms with Crippen molar-refractivity contribution in [2.75, 3.05) is 0 Å². The lowest BCUT2D eigenvalue weighted by molar-refractivity contribution is 0.669. The summed E-state index contributed by atoms with van der Waals surface area (Å²) in [7, 11) is 0. The van der Waals surface area contributed by atoms with E-state index in [1.54, 1.807) is 0 Å². The predicted molar refractivity (Wildman–Crippen MR) is 227 cm³/mol. The number of para-hydroxylation sites is 1. The number of furan rings is 1. The summed E-state index contributed by atoms with van der Waals surface area (Å²) in [6.45, 7) is 0. The van der Waals surface area contributed by atoms with E-state index in [0.29, 0.717) is 17.5 Å². The lowest BCUT2D eigenvalue weighted by atomic mass is 9.86. The number of aromatic nitrogens is 3. The first-order valence-electron chi connectivity index (χ1n) is 19.0. The van der Waals surface area contributed by atoms with E-state index in [1.165, 1.54) is 38.9 Å². The van der Waals surface area contributed by atoms with E-state index in [9.17, 15) is 0 Å². The molecule has 2 heterocycles. The van der Waals surface area contributed by atoms with E-state index in [2.05, 4.69) is 121 Å². The normalized spacial score (nSPS) is 13.2. The predicted octanol–water partition coefficient (Wildman–Crippen LogP) is 13.3. The molecule has 4 nitrogen and oxygen atoms in total. The summed E-state index contributed by atoms with van der Waals surface area (Å²) < 4.78 is 6.15. The Morgan fingerprint density at radius 3 is 1.64 bits per heavy atom. The van der Waals surface area contributed by atoms with Crippen LogP contribution in [0.5, 0.6) is 0 Å². The fraction of sp³-hybridized carbons (Fsp3) is 0.0192. The van der Waals surface area contributed by atoms with E-state index in [-0.39, 0.29) is 5.92 Å². The molecule has 0 amide bonds. The van der Waals surface area contributed by atoms with Gasteiger partial charge >= 0.3 is 0 Å². The maximum Gasteiger partial charge on any atom is 0.164 e. The fourth-order valence-corrected chi connectivity index (χ4v) is 8.33. The van der Waals surface area contributed by atoms with Crippen molar-refractivity contribution in [3.8, 4) is 67.5 Å². The molecular formula is C52H33N3O. The highest BCUT2D eigenvalue weighted by molar-refractivity contribution is 6.06. The molecular weight excluding hydrogens is 683 g/mol. The van der Waals surface area contributed by atoms with Crippen molar-refractivity contribution in [3.05, 3.63) is 211 Å². The highest BCUT2D eigenvalue weighted by atomic mass is 16.3. The van der Waals surface area contributed by atoms with E-state index >= 15 is 0 Å². The van der Waals surface area contributed by atoms with Crippen molar-refractivity contribution in [3.63, 3.8) is 0 Å². The first-order valence-corrected chi connectivity index (χ1v) is 19.0. The first kappa shape index (κ1) is 32.0. The van der Waals surface area contributed by atoms with Crippen LogP contribution >= 0.6 is 0 Å². The van der Waals surface area contributed by atoms with Gasteiger partial charge in [-0.05, 0) is 80.4 Å². The second-order valence-corrected chi connectivity index (χ2v) is 14.4. The lowest BCUT2D eigenvalue weighted by Crippen LogP contribution is -2.00. The molecule has 4 heteroatoms. The van der Waals surface area contributed by atoms with Crippen LogP contribution in [0, 0.1) is 0 Å². The highest BCUT2D eigenvalue weighted by Gasteiger charge is 2.30. The van der Waals surface area contributed by atoms with E-state index in [1.807, 2.05) is 72.8 Å². The SMILES string of the molecule is c1ccc(-c2nc(-c3ccccc3)nc(-c3cccc(-c4cccc(C5c6ccccc6-c6ccc(-c7ccc8oc9ccccc9c8c7)cc65)c4)c3)n2)cc1. The molecule has 1 aliphatic carbocycles. The number of fused-ring (bicyclic) bond motifs is 6. The summed E-state index contributed by atoms with van der Waals surface area (Å²) in [6.07, 6.45) is 0. The van der Waals surface area contributed by atoms with E-state index < -0.39 is 0 Å². The maximum absolute atomic E-state index is 6.15. The molecule has 0 bridgehead atoms. The third-order valence-electron chi connectivity index (χ3n) is 11.0. The van der Waals surface area contributed by atoms with Crippen molar-refractivity contribution in [1.82, 2.24) is 15.0 Å². The summed E-state index contributed by atoms with van der Waals surface area (Å²) in [6, 6.07) is 68.4. The van der Waals surface area contributed by atoms with Crippen molar-refractivity contribution in [2.24, 2.45) is 0 Å². The zero-order chi connectivity index (χ0) is 37.0. The minimum absolute atomic E-state index is 0.0909. The Hall–Kier alpha value is -7.43. The van der Waals surface area contributed by atoms with Crippen LogP contribution in [-0.4, -0.2) is 15.0 Å². The molecule has 56 heavy (non-hydrogen) atoms. The molecule has 0 saturated heterocycles. The average Bonchev–Trinajstić information content (AvgIpc) is 3.82. The van der Waals surface area contributed by atoms with Crippen LogP contribution in [0.2, 0.25) is 0 Å². The Kier molecular flexibility index (Phi) is 7.52. The number of hydrogen-bond acceptors (Lipinski definition) is 4. The minimum Gasteiger partial charge on any atom is -0.456 e. The zero-order valence-corrected chi connectivity index (χ0v) is 30.3. The second-order valence-electron chi connectivity index (χ2n) is 14.4. The highest BCUT2D eigenvalue weighted by Crippen LogP contribution is 2.49. The third kappa shape index (κ3) is 5.50. The van der Waals surface area contributed by atoms with Gasteiger partial charge in [-0.2, -0.15) is 0 Å². The number of benzene rings is 8. The Labute approximate surface area is 324 Å². The van der Waals surface area contributed by atoms with Crippen molar-refractivity contribution >= 4 is 21.9 Å². The van der Waals surface area contributed by atoms with Gasteiger partial charge in [0.2, 0.25) is 0 Å². The molecule has 262 valence electrons. The van der Waals surface area contributed by atoms with Crippen LogP contribution < -0.4 is 0 Å². The van der Waals surface area contributed by atoms with Gasteiger partial charge < -0.3 is 4.42 Å². The quantitative estimate of drug-likeness (QED) is 0.172. The number of hydrogen-bond donors (Lipinski definition) is 0. The molecule has 0 saturated carbocycles. The standard InChI is InChI=1S/C52H33N3O/c1-3-13-33(14-4-1)50-53-51(34-15-5-2-6-16-34)55-52(54-50)40-20-12-18-36(30-40)35-17-11-19-39(29-35)49-44-23-8-7-21-41(44)42-27-25-37(32-46(42)49)38-26-28-48-45(31-38)43-22-9-10-24-47(43)56-48/h1-32,49H. The molecule has 1 aliphatic rings. The van der Waals surface area contributed by atoms with Gasteiger partial charge in [0, 0.05) is 33.4 Å². The molecule has 2 aromatic heterocycles. The first-order chi connectivity index (χ1) is 27.7. The third-order valence-corrected chi connectivity index (χ3v) is 11.0. The van der Waals surface area contributed by atoms with Gasteiger partial charge in [0.25, 0.3) is 0 Å². The summed E-state index contributed by atoms with van der Waals surface area (Å²) in [5.41, 5.74) is 15.8. The Morgan fingerprint density at radius 1 is 0.321 bits per heavy atom. The second kappa shape index (κ2) is 13.2. The smallest absolute Gasteiger partial charge is 0.164 e. The minimum atomic E-state index is 0.0909. The van der Waals surface area contributed by atoms with Crippen LogP contribution in [0.3, 0.4) is 0 Å². The largest absolute Gasteiger partial charge is 0.456 e. The Bertz CT molecular complexity index is 3040. The molecule has 8 aromatic carbocycles. The average molecular weight is 716 g/mol. The van der Waals surface area contributed by atoms with Crippen LogP contribution in [0.1, 0.15) is 22.6 Å². The zero-order valence-electron chi connectivity index (χ0n) is 30.3. The Balaban J connectivity index is 0.993. The van der Waals surface area contributed by atoms with Crippen molar-refractivity contribution in [2.45, 2.75) is 5.92 Å². The van der Waals surface area contributed by atoms with Crippen molar-refractivity contribution < 1.29 is 4.42 Å². The molecule has 0 radical (unpaired) electrons. The molecule has 0 aliphatic heterocycles. The molecule has 1 unspecified atom stereocenters. The monoisotopic (exact) mass is 715 g/mol. The molecule has 1 atom stereocenters. The van der Waals surface area contributed by atoms with Gasteiger partial charge in [0.05, 0.1) is 0 Å². The van der Waals surface area contributed by atoms with Gasteiger partial charge in [-0.15, -0.1) is 0 Å². The maximum atomic E-state index is 6.15. The summed E-state index contributed by atoms with van der Waals surface area (Å²) in [4.78, 5) is 14.9. The fourth-order valence-electron chi connectivity index (χ4n) is 8.33. The topological polar surface area (TPSA) is 51.8 Å². The number of rotatable bonds is 6. The summed E-state index contributed by atoms with van der Waals surface area (Å²) >= 11 is 0. The van der Waals surface area contributed by atoms with E-state index in [4.69, 9.17) is 19.4 Å². The van der Waals surface area contributed by atoms with Crippen LogP contribution in [0.25, 0.3) is 89.5 Å². The van der Waals surface area contributed by atoms with Crippen LogP contribution in [0.15, 0.2) is 199 Å². The molecule has 10 aromatic rings. The molecule has 11 rings (SSSR count). The van der Waals surface area contributed by atoms with Crippen molar-refractivity contribution in [1.29, 1.82) is 0 Å². The molecule has 0 spiro atoms. The lowest BCUT2D eigenvalue weighted by Gasteiger charge is -2.17. The summed E-state index contributed by atoms with van der Waals surface area (Å²) in [5.74, 6) is 2.03. The molecule has 0 fully saturated rings. The van der Waals surface area contributed by atoms with Gasteiger partial charge in [0.15, 0.2) is 17.5 Å². The van der Waals surface area contributed by atoms with Gasteiger partial charge in [0.1, 0.15) is 11.2 Å². The molecule has 0 N–H and O–H groups in total. The van der Waals surface area contributed by atoms with Gasteiger partial charge in [-0.3, -0.25) is 0 Å². The Morgan fingerprint density at radius 2 is 0.857 bits per heavy atom. The van der Waals surface area contributed by atoms with Crippen LogP contribution in [-0.2, 0) is 0 Å². The van der Waals surface area contributed by atoms with Crippen LogP contribution in [0.4, 0.5) is 0 Å². The van der Waals surface area contributed by atoms with Gasteiger partial charge in [-0.25, -0.2) is 15.0 Å².